The zero-order valence-electron chi connectivity index (χ0n) is 9.11. The van der Waals surface area contributed by atoms with Crippen molar-refractivity contribution in [2.45, 2.75) is 51.4 Å². The highest BCUT2D eigenvalue weighted by atomic mass is 16.5. The van der Waals surface area contributed by atoms with Gasteiger partial charge in [-0.15, -0.1) is 0 Å². The minimum atomic E-state index is 0.343. The lowest BCUT2D eigenvalue weighted by atomic mass is 9.94. The molecule has 1 saturated carbocycles. The Hall–Kier alpha value is -0.870. The van der Waals surface area contributed by atoms with Crippen LogP contribution < -0.4 is 5.73 Å². The van der Waals surface area contributed by atoms with Crippen molar-refractivity contribution in [1.82, 2.24) is 5.16 Å². The Morgan fingerprint density at radius 2 is 2.20 bits per heavy atom. The summed E-state index contributed by atoms with van der Waals surface area (Å²) in [4.78, 5) is 0. The summed E-state index contributed by atoms with van der Waals surface area (Å²) in [6.07, 6.45) is 4.61. The van der Waals surface area contributed by atoms with E-state index in [4.69, 9.17) is 15.0 Å². The predicted octanol–water partition coefficient (Wildman–Crippen LogP) is 1.77. The molecule has 1 aromatic rings. The molecule has 0 spiro atoms. The van der Waals surface area contributed by atoms with Crippen LogP contribution in [0.4, 0.5) is 0 Å². The Kier molecular flexibility index (Phi) is 3.38. The maximum Gasteiger partial charge on any atom is 0.162 e. The summed E-state index contributed by atoms with van der Waals surface area (Å²) in [5.74, 6) is 0.808. The molecule has 0 aliphatic heterocycles. The fourth-order valence-corrected chi connectivity index (χ4v) is 1.94. The van der Waals surface area contributed by atoms with Crippen LogP contribution in [0.1, 0.15) is 37.1 Å². The van der Waals surface area contributed by atoms with Crippen LogP contribution in [0.5, 0.6) is 0 Å². The Labute approximate surface area is 89.8 Å². The van der Waals surface area contributed by atoms with E-state index in [-0.39, 0.29) is 0 Å². The molecule has 4 heteroatoms. The first kappa shape index (κ1) is 10.6. The molecule has 2 rings (SSSR count). The standard InChI is InChI=1S/C11H18N2O2/c1-8-6-11(15-13-8)7-14-10-4-2-9(12)3-5-10/h6,9-10H,2-5,7,12H2,1H3. The minimum Gasteiger partial charge on any atom is -0.370 e. The number of nitrogens with two attached hydrogens (primary N) is 1. The second-order valence-electron chi connectivity index (χ2n) is 4.28. The van der Waals surface area contributed by atoms with Gasteiger partial charge >= 0.3 is 0 Å². The van der Waals surface area contributed by atoms with E-state index >= 15 is 0 Å². The van der Waals surface area contributed by atoms with Gasteiger partial charge in [0.1, 0.15) is 6.61 Å². The van der Waals surface area contributed by atoms with Crippen molar-refractivity contribution in [3.05, 3.63) is 17.5 Å². The van der Waals surface area contributed by atoms with Gasteiger partial charge in [-0.05, 0) is 32.6 Å². The van der Waals surface area contributed by atoms with Crippen LogP contribution in [0.15, 0.2) is 10.6 Å². The Bertz CT molecular complexity index is 303. The van der Waals surface area contributed by atoms with Crippen molar-refractivity contribution >= 4 is 0 Å². The lowest BCUT2D eigenvalue weighted by Gasteiger charge is -2.25. The summed E-state index contributed by atoms with van der Waals surface area (Å²) in [7, 11) is 0. The number of nitrogens with zero attached hydrogens (tertiary/aromatic N) is 1. The highest BCUT2D eigenvalue weighted by Gasteiger charge is 2.19. The number of rotatable bonds is 3. The van der Waals surface area contributed by atoms with E-state index in [0.29, 0.717) is 18.8 Å². The van der Waals surface area contributed by atoms with E-state index in [1.165, 1.54) is 0 Å². The predicted molar refractivity (Wildman–Crippen MR) is 56.3 cm³/mol. The van der Waals surface area contributed by atoms with Crippen molar-refractivity contribution in [3.63, 3.8) is 0 Å². The zero-order valence-corrected chi connectivity index (χ0v) is 9.11. The van der Waals surface area contributed by atoms with Crippen LogP contribution in [0.3, 0.4) is 0 Å². The first-order valence-electron chi connectivity index (χ1n) is 5.53. The number of hydrogen-bond acceptors (Lipinski definition) is 4. The van der Waals surface area contributed by atoms with E-state index in [1.807, 2.05) is 13.0 Å². The molecule has 0 atom stereocenters. The van der Waals surface area contributed by atoms with Crippen molar-refractivity contribution in [2.75, 3.05) is 0 Å². The molecular weight excluding hydrogens is 192 g/mol. The van der Waals surface area contributed by atoms with Gasteiger partial charge in [0.05, 0.1) is 11.8 Å². The van der Waals surface area contributed by atoms with Crippen molar-refractivity contribution in [3.8, 4) is 0 Å². The molecule has 1 aliphatic rings. The van der Waals surface area contributed by atoms with Gasteiger partial charge in [-0.3, -0.25) is 0 Å². The molecule has 1 fully saturated rings. The normalized spacial score (nSPS) is 26.8. The number of aromatic nitrogens is 1. The molecule has 4 nitrogen and oxygen atoms in total. The Balaban J connectivity index is 1.74. The largest absolute Gasteiger partial charge is 0.370 e. The number of hydrogen-bond donors (Lipinski definition) is 1. The van der Waals surface area contributed by atoms with Gasteiger partial charge in [0.2, 0.25) is 0 Å². The quantitative estimate of drug-likeness (QED) is 0.826. The van der Waals surface area contributed by atoms with Gasteiger partial charge < -0.3 is 15.0 Å². The molecule has 15 heavy (non-hydrogen) atoms. The average molecular weight is 210 g/mol. The van der Waals surface area contributed by atoms with E-state index in [9.17, 15) is 0 Å². The minimum absolute atomic E-state index is 0.343. The number of aryl methyl sites for hydroxylation is 1. The van der Waals surface area contributed by atoms with Gasteiger partial charge in [0, 0.05) is 12.1 Å². The summed E-state index contributed by atoms with van der Waals surface area (Å²) >= 11 is 0. The topological polar surface area (TPSA) is 61.3 Å². The molecule has 1 aliphatic carbocycles. The van der Waals surface area contributed by atoms with Crippen molar-refractivity contribution in [2.24, 2.45) is 5.73 Å². The Morgan fingerprint density at radius 1 is 1.47 bits per heavy atom. The highest BCUT2D eigenvalue weighted by Crippen LogP contribution is 2.21. The molecule has 0 unspecified atom stereocenters. The van der Waals surface area contributed by atoms with Crippen LogP contribution in [-0.2, 0) is 11.3 Å². The van der Waals surface area contributed by atoms with Gasteiger partial charge in [-0.2, -0.15) is 0 Å². The molecular formula is C11H18N2O2. The first-order chi connectivity index (χ1) is 7.24. The fraction of sp³-hybridized carbons (Fsp3) is 0.727. The summed E-state index contributed by atoms with van der Waals surface area (Å²) < 4.78 is 10.8. The van der Waals surface area contributed by atoms with Gasteiger partial charge in [0.25, 0.3) is 0 Å². The second-order valence-corrected chi connectivity index (χ2v) is 4.28. The second kappa shape index (κ2) is 4.77. The fourth-order valence-electron chi connectivity index (χ4n) is 1.94. The maximum absolute atomic E-state index is 5.82. The SMILES string of the molecule is Cc1cc(COC2CCC(N)CC2)on1. The van der Waals surface area contributed by atoms with E-state index in [2.05, 4.69) is 5.16 Å². The van der Waals surface area contributed by atoms with E-state index < -0.39 is 0 Å². The molecule has 0 aromatic carbocycles. The smallest absolute Gasteiger partial charge is 0.162 e. The highest BCUT2D eigenvalue weighted by molar-refractivity contribution is 5.01. The zero-order chi connectivity index (χ0) is 10.7. The molecule has 0 bridgehead atoms. The summed E-state index contributed by atoms with van der Waals surface area (Å²) in [6.45, 7) is 2.44. The molecule has 84 valence electrons. The average Bonchev–Trinajstić information content (AvgIpc) is 2.64. The third kappa shape index (κ3) is 3.04. The van der Waals surface area contributed by atoms with Gasteiger partial charge in [-0.1, -0.05) is 5.16 Å². The summed E-state index contributed by atoms with van der Waals surface area (Å²) in [5, 5.41) is 3.82. The lowest BCUT2D eigenvalue weighted by Crippen LogP contribution is -2.30. The third-order valence-electron chi connectivity index (χ3n) is 2.86. The first-order valence-corrected chi connectivity index (χ1v) is 5.53. The van der Waals surface area contributed by atoms with Crippen LogP contribution in [0.2, 0.25) is 0 Å². The van der Waals surface area contributed by atoms with Gasteiger partial charge in [0.15, 0.2) is 5.76 Å². The van der Waals surface area contributed by atoms with Gasteiger partial charge in [-0.25, -0.2) is 0 Å². The maximum atomic E-state index is 5.82. The van der Waals surface area contributed by atoms with Crippen LogP contribution in [-0.4, -0.2) is 17.3 Å². The van der Waals surface area contributed by atoms with Crippen LogP contribution >= 0.6 is 0 Å². The molecule has 0 amide bonds. The van der Waals surface area contributed by atoms with Crippen LogP contribution in [0, 0.1) is 6.92 Å². The van der Waals surface area contributed by atoms with E-state index in [0.717, 1.165) is 37.1 Å². The van der Waals surface area contributed by atoms with Crippen LogP contribution in [0.25, 0.3) is 0 Å². The lowest BCUT2D eigenvalue weighted by molar-refractivity contribution is 0.00393. The van der Waals surface area contributed by atoms with E-state index in [1.54, 1.807) is 0 Å². The third-order valence-corrected chi connectivity index (χ3v) is 2.86. The molecule has 2 N–H and O–H groups in total. The molecule has 0 saturated heterocycles. The molecule has 0 radical (unpaired) electrons. The molecule has 1 aromatic heterocycles. The Morgan fingerprint density at radius 3 is 2.80 bits per heavy atom. The summed E-state index contributed by atoms with van der Waals surface area (Å²) in [6, 6.07) is 2.28. The molecule has 1 heterocycles. The number of ether oxygens (including phenoxy) is 1. The van der Waals surface area contributed by atoms with Crippen molar-refractivity contribution < 1.29 is 9.26 Å². The van der Waals surface area contributed by atoms with Crippen molar-refractivity contribution in [1.29, 1.82) is 0 Å². The summed E-state index contributed by atoms with van der Waals surface area (Å²) in [5.41, 5.74) is 6.73. The monoisotopic (exact) mass is 210 g/mol.